The van der Waals surface area contributed by atoms with Gasteiger partial charge in [0.15, 0.2) is 6.61 Å². The molecule has 7 heteroatoms. The van der Waals surface area contributed by atoms with E-state index in [-0.39, 0.29) is 12.4 Å². The summed E-state index contributed by atoms with van der Waals surface area (Å²) in [5.74, 6) is 1.20. The minimum Gasteiger partial charge on any atom is -0.421 e. The summed E-state index contributed by atoms with van der Waals surface area (Å²) in [7, 11) is -4.03. The van der Waals surface area contributed by atoms with Gasteiger partial charge in [0, 0.05) is 0 Å². The third kappa shape index (κ3) is 5.23. The van der Waals surface area contributed by atoms with Crippen LogP contribution in [0.2, 0.25) is 0 Å². The Morgan fingerprint density at radius 2 is 1.89 bits per heavy atom. The third-order valence-corrected chi connectivity index (χ3v) is 2.41. The fourth-order valence-electron chi connectivity index (χ4n) is 0.909. The number of para-hydroxylation sites is 1. The molecule has 0 amide bonds. The highest BCUT2D eigenvalue weighted by Crippen LogP contribution is 2.11. The summed E-state index contributed by atoms with van der Waals surface area (Å²) in [6, 6.07) is 7.81. The van der Waals surface area contributed by atoms with Crippen LogP contribution in [0.3, 0.4) is 0 Å². The van der Waals surface area contributed by atoms with Gasteiger partial charge in [-0.1, -0.05) is 24.1 Å². The SMILES string of the molecule is C#CCOC(=O)OCS(=O)(=O)Oc1ccccc1. The van der Waals surface area contributed by atoms with E-state index in [0.29, 0.717) is 0 Å². The van der Waals surface area contributed by atoms with Crippen LogP contribution in [-0.4, -0.2) is 27.1 Å². The number of carbonyl (C=O) groups excluding carboxylic acids is 1. The van der Waals surface area contributed by atoms with Gasteiger partial charge < -0.3 is 13.7 Å². The molecule has 0 spiro atoms. The molecule has 1 rings (SSSR count). The monoisotopic (exact) mass is 270 g/mol. The Morgan fingerprint density at radius 1 is 1.22 bits per heavy atom. The molecule has 1 aromatic carbocycles. The van der Waals surface area contributed by atoms with Gasteiger partial charge in [0.25, 0.3) is 0 Å². The molecule has 0 aromatic heterocycles. The van der Waals surface area contributed by atoms with Gasteiger partial charge in [-0.15, -0.1) is 6.42 Å². The predicted molar refractivity (Wildman–Crippen MR) is 62.1 cm³/mol. The number of hydrogen-bond donors (Lipinski definition) is 0. The van der Waals surface area contributed by atoms with Gasteiger partial charge >= 0.3 is 16.3 Å². The first-order valence-electron chi connectivity index (χ1n) is 4.74. The maximum absolute atomic E-state index is 11.4. The lowest BCUT2D eigenvalue weighted by Gasteiger charge is -2.07. The number of benzene rings is 1. The average Bonchev–Trinajstić information content (AvgIpc) is 2.35. The first kappa shape index (κ1) is 13.9. The second-order valence-corrected chi connectivity index (χ2v) is 4.48. The van der Waals surface area contributed by atoms with Gasteiger partial charge in [-0.25, -0.2) is 4.79 Å². The molecule has 0 unspecified atom stereocenters. The Kier molecular flexibility index (Phi) is 5.02. The van der Waals surface area contributed by atoms with E-state index in [0.717, 1.165) is 0 Å². The van der Waals surface area contributed by atoms with Crippen LogP contribution in [0.1, 0.15) is 0 Å². The van der Waals surface area contributed by atoms with Crippen LogP contribution in [0.4, 0.5) is 4.79 Å². The highest BCUT2D eigenvalue weighted by Gasteiger charge is 2.16. The standard InChI is InChI=1S/C11H10O6S/c1-2-8-15-11(12)16-9-18(13,14)17-10-6-4-3-5-7-10/h1,3-7H,8-9H2. The zero-order chi connectivity index (χ0) is 13.4. The molecule has 1 aromatic rings. The van der Waals surface area contributed by atoms with Crippen molar-refractivity contribution in [2.24, 2.45) is 0 Å². The zero-order valence-corrected chi connectivity index (χ0v) is 10.1. The smallest absolute Gasteiger partial charge is 0.421 e. The number of terminal acetylenes is 1. The average molecular weight is 270 g/mol. The normalized spacial score (nSPS) is 10.2. The number of ether oxygens (including phenoxy) is 2. The van der Waals surface area contributed by atoms with Gasteiger partial charge in [-0.3, -0.25) is 0 Å². The van der Waals surface area contributed by atoms with Crippen molar-refractivity contribution in [2.45, 2.75) is 0 Å². The molecule has 0 saturated carbocycles. The highest BCUT2D eigenvalue weighted by atomic mass is 32.2. The van der Waals surface area contributed by atoms with E-state index >= 15 is 0 Å². The molecule has 0 bridgehead atoms. The van der Waals surface area contributed by atoms with E-state index in [1.807, 2.05) is 5.92 Å². The molecule has 0 aliphatic heterocycles. The van der Waals surface area contributed by atoms with Crippen LogP contribution >= 0.6 is 0 Å². The van der Waals surface area contributed by atoms with Crippen LogP contribution in [0.5, 0.6) is 5.75 Å². The first-order chi connectivity index (χ1) is 8.53. The van der Waals surface area contributed by atoms with E-state index < -0.39 is 22.2 Å². The van der Waals surface area contributed by atoms with E-state index in [1.165, 1.54) is 12.1 Å². The van der Waals surface area contributed by atoms with Crippen LogP contribution in [0, 0.1) is 12.3 Å². The Morgan fingerprint density at radius 3 is 2.50 bits per heavy atom. The van der Waals surface area contributed by atoms with Crippen molar-refractivity contribution in [3.8, 4) is 18.1 Å². The summed E-state index contributed by atoms with van der Waals surface area (Å²) in [6.45, 7) is -0.293. The maximum atomic E-state index is 11.4. The minimum atomic E-state index is -4.03. The molecule has 0 N–H and O–H groups in total. The second kappa shape index (κ2) is 6.51. The van der Waals surface area contributed by atoms with Crippen molar-refractivity contribution < 1.29 is 26.9 Å². The van der Waals surface area contributed by atoms with Crippen LogP contribution in [-0.2, 0) is 19.6 Å². The van der Waals surface area contributed by atoms with Crippen molar-refractivity contribution in [2.75, 3.05) is 12.5 Å². The first-order valence-corrected chi connectivity index (χ1v) is 6.31. The Labute approximate surface area is 105 Å². The highest BCUT2D eigenvalue weighted by molar-refractivity contribution is 7.86. The lowest BCUT2D eigenvalue weighted by atomic mass is 10.3. The molecule has 96 valence electrons. The fourth-order valence-corrected chi connectivity index (χ4v) is 1.60. The van der Waals surface area contributed by atoms with Gasteiger partial charge in [0.2, 0.25) is 5.94 Å². The quantitative estimate of drug-likeness (QED) is 0.453. The van der Waals surface area contributed by atoms with Gasteiger partial charge in [0.05, 0.1) is 0 Å². The summed E-state index contributed by atoms with van der Waals surface area (Å²) in [6.07, 6.45) is 3.66. The minimum absolute atomic E-state index is 0.123. The predicted octanol–water partition coefficient (Wildman–Crippen LogP) is 1.14. The third-order valence-electron chi connectivity index (χ3n) is 1.56. The lowest BCUT2D eigenvalue weighted by Crippen LogP contribution is -2.19. The van der Waals surface area contributed by atoms with Crippen molar-refractivity contribution in [3.63, 3.8) is 0 Å². The van der Waals surface area contributed by atoms with Crippen LogP contribution in [0.15, 0.2) is 30.3 Å². The summed E-state index contributed by atoms with van der Waals surface area (Å²) in [5, 5.41) is 0. The van der Waals surface area contributed by atoms with Crippen LogP contribution < -0.4 is 4.18 Å². The maximum Gasteiger partial charge on any atom is 0.510 e. The van der Waals surface area contributed by atoms with Crippen molar-refractivity contribution in [1.29, 1.82) is 0 Å². The summed E-state index contributed by atoms with van der Waals surface area (Å²) in [4.78, 5) is 10.8. The Hall–Kier alpha value is -2.20. The topological polar surface area (TPSA) is 78.9 Å². The largest absolute Gasteiger partial charge is 0.510 e. The van der Waals surface area contributed by atoms with Crippen molar-refractivity contribution in [3.05, 3.63) is 30.3 Å². The van der Waals surface area contributed by atoms with Crippen LogP contribution in [0.25, 0.3) is 0 Å². The van der Waals surface area contributed by atoms with Gasteiger partial charge in [0.1, 0.15) is 5.75 Å². The molecule has 0 atom stereocenters. The second-order valence-electron chi connectivity index (χ2n) is 2.96. The summed E-state index contributed by atoms with van der Waals surface area (Å²) < 4.78 is 36.1. The van der Waals surface area contributed by atoms with Gasteiger partial charge in [-0.05, 0) is 12.1 Å². The van der Waals surface area contributed by atoms with Crippen molar-refractivity contribution in [1.82, 2.24) is 0 Å². The Balaban J connectivity index is 2.46. The summed E-state index contributed by atoms with van der Waals surface area (Å²) in [5.41, 5.74) is 0. The zero-order valence-electron chi connectivity index (χ0n) is 9.24. The van der Waals surface area contributed by atoms with E-state index in [9.17, 15) is 13.2 Å². The van der Waals surface area contributed by atoms with E-state index in [1.54, 1.807) is 18.2 Å². The fraction of sp³-hybridized carbons (Fsp3) is 0.182. The molecule has 0 aliphatic rings. The molecule has 6 nitrogen and oxygen atoms in total. The molecule has 0 aliphatic carbocycles. The number of carbonyl (C=O) groups is 1. The molecule has 0 heterocycles. The lowest BCUT2D eigenvalue weighted by molar-refractivity contribution is 0.0762. The number of hydrogen-bond acceptors (Lipinski definition) is 6. The van der Waals surface area contributed by atoms with Crippen molar-refractivity contribution >= 4 is 16.3 Å². The molecular weight excluding hydrogens is 260 g/mol. The molecule has 0 fully saturated rings. The molecule has 0 radical (unpaired) electrons. The van der Waals surface area contributed by atoms with E-state index in [4.69, 9.17) is 6.42 Å². The van der Waals surface area contributed by atoms with E-state index in [2.05, 4.69) is 13.7 Å². The molecular formula is C11H10O6S. The summed E-state index contributed by atoms with van der Waals surface area (Å²) >= 11 is 0. The molecule has 18 heavy (non-hydrogen) atoms. The van der Waals surface area contributed by atoms with Gasteiger partial charge in [-0.2, -0.15) is 8.42 Å². The molecule has 0 saturated heterocycles. The number of rotatable bonds is 5. The Bertz CT molecular complexity index is 528.